The van der Waals surface area contributed by atoms with Gasteiger partial charge in [-0.05, 0) is 18.1 Å². The minimum absolute atomic E-state index is 0.377. The van der Waals surface area contributed by atoms with E-state index in [1.54, 1.807) is 0 Å². The fourth-order valence-electron chi connectivity index (χ4n) is 1.21. The fourth-order valence-corrected chi connectivity index (χ4v) is 1.56. The zero-order valence-electron chi connectivity index (χ0n) is 7.44. The van der Waals surface area contributed by atoms with E-state index in [2.05, 4.69) is 15.9 Å². The van der Waals surface area contributed by atoms with Gasteiger partial charge in [0.1, 0.15) is 6.10 Å². The van der Waals surface area contributed by atoms with Crippen LogP contribution >= 0.6 is 15.9 Å². The molecule has 0 aliphatic carbocycles. The Hall–Kier alpha value is -0.380. The summed E-state index contributed by atoms with van der Waals surface area (Å²) >= 11 is 3.13. The van der Waals surface area contributed by atoms with Crippen molar-refractivity contribution in [3.8, 4) is 0 Å². The highest BCUT2D eigenvalue weighted by molar-refractivity contribution is 9.09. The lowest BCUT2D eigenvalue weighted by atomic mass is 10.0. The van der Waals surface area contributed by atoms with Gasteiger partial charge in [0.25, 0.3) is 0 Å². The number of hydrogen-bond acceptors (Lipinski definition) is 2. The summed E-state index contributed by atoms with van der Waals surface area (Å²) in [7, 11) is 0. The summed E-state index contributed by atoms with van der Waals surface area (Å²) in [5.74, 6) is 0. The van der Waals surface area contributed by atoms with Gasteiger partial charge in [-0.2, -0.15) is 0 Å². The maximum atomic E-state index is 9.69. The van der Waals surface area contributed by atoms with Crippen LogP contribution in [-0.2, 0) is 0 Å². The van der Waals surface area contributed by atoms with Gasteiger partial charge in [0, 0.05) is 5.33 Å². The van der Waals surface area contributed by atoms with Gasteiger partial charge in [-0.15, -0.1) is 0 Å². The first-order valence-electron chi connectivity index (χ1n) is 4.14. The van der Waals surface area contributed by atoms with Crippen molar-refractivity contribution in [3.05, 3.63) is 35.4 Å². The zero-order valence-corrected chi connectivity index (χ0v) is 9.03. The molecule has 0 amide bonds. The van der Waals surface area contributed by atoms with E-state index in [1.807, 2.05) is 31.2 Å². The maximum absolute atomic E-state index is 9.69. The highest BCUT2D eigenvalue weighted by Gasteiger charge is 2.17. The number of aliphatic hydroxyl groups is 2. The minimum Gasteiger partial charge on any atom is -0.389 e. The molecule has 0 bridgehead atoms. The van der Waals surface area contributed by atoms with Crippen LogP contribution in [0.4, 0.5) is 0 Å². The van der Waals surface area contributed by atoms with Crippen molar-refractivity contribution in [2.45, 2.75) is 19.1 Å². The molecule has 0 aromatic heterocycles. The maximum Gasteiger partial charge on any atom is 0.106 e. The summed E-state index contributed by atoms with van der Waals surface area (Å²) in [6.07, 6.45) is -1.55. The van der Waals surface area contributed by atoms with Crippen molar-refractivity contribution in [2.24, 2.45) is 0 Å². The van der Waals surface area contributed by atoms with Crippen LogP contribution in [0.2, 0.25) is 0 Å². The van der Waals surface area contributed by atoms with E-state index in [4.69, 9.17) is 0 Å². The number of alkyl halides is 1. The van der Waals surface area contributed by atoms with Crippen LogP contribution in [-0.4, -0.2) is 21.6 Å². The Morgan fingerprint density at radius 2 is 1.92 bits per heavy atom. The van der Waals surface area contributed by atoms with Crippen LogP contribution in [0.3, 0.4) is 0 Å². The SMILES string of the molecule is Cc1ccccc1C(O)C(O)CBr. The number of aliphatic hydroxyl groups excluding tert-OH is 2. The van der Waals surface area contributed by atoms with Crippen LogP contribution in [0.1, 0.15) is 17.2 Å². The summed E-state index contributed by atoms with van der Waals surface area (Å²) in [6, 6.07) is 7.50. The number of benzene rings is 1. The molecule has 0 saturated carbocycles. The molecule has 0 heterocycles. The summed E-state index contributed by atoms with van der Waals surface area (Å²) in [5.41, 5.74) is 1.78. The lowest BCUT2D eigenvalue weighted by Gasteiger charge is -2.17. The van der Waals surface area contributed by atoms with Gasteiger partial charge in [0.2, 0.25) is 0 Å². The van der Waals surface area contributed by atoms with E-state index >= 15 is 0 Å². The molecule has 0 aliphatic rings. The second-order valence-corrected chi connectivity index (χ2v) is 3.67. The van der Waals surface area contributed by atoms with Crippen LogP contribution in [0, 0.1) is 6.92 Å². The number of halogens is 1. The van der Waals surface area contributed by atoms with Crippen molar-refractivity contribution < 1.29 is 10.2 Å². The molecule has 2 unspecified atom stereocenters. The normalized spacial score (nSPS) is 15.4. The van der Waals surface area contributed by atoms with Gasteiger partial charge in [-0.1, -0.05) is 40.2 Å². The van der Waals surface area contributed by atoms with Crippen molar-refractivity contribution in [1.82, 2.24) is 0 Å². The molecule has 2 atom stereocenters. The van der Waals surface area contributed by atoms with Crippen LogP contribution in [0.25, 0.3) is 0 Å². The summed E-state index contributed by atoms with van der Waals surface area (Å²) in [4.78, 5) is 0. The minimum atomic E-state index is -0.805. The van der Waals surface area contributed by atoms with E-state index in [1.165, 1.54) is 0 Å². The first-order valence-corrected chi connectivity index (χ1v) is 5.26. The Labute approximate surface area is 86.3 Å². The van der Waals surface area contributed by atoms with E-state index in [0.717, 1.165) is 11.1 Å². The number of hydrogen-bond donors (Lipinski definition) is 2. The topological polar surface area (TPSA) is 40.5 Å². The molecule has 0 aliphatic heterocycles. The van der Waals surface area contributed by atoms with Gasteiger partial charge >= 0.3 is 0 Å². The molecule has 0 spiro atoms. The quantitative estimate of drug-likeness (QED) is 0.797. The van der Waals surface area contributed by atoms with Gasteiger partial charge in [-0.3, -0.25) is 0 Å². The molecular weight excluding hydrogens is 232 g/mol. The smallest absolute Gasteiger partial charge is 0.106 e. The molecular formula is C10H13BrO2. The molecule has 0 saturated heterocycles. The Bertz CT molecular complexity index is 275. The van der Waals surface area contributed by atoms with Gasteiger partial charge in [0.05, 0.1) is 6.10 Å². The standard InChI is InChI=1S/C10H13BrO2/c1-7-4-2-3-5-8(7)10(13)9(12)6-11/h2-5,9-10,12-13H,6H2,1H3. The molecule has 2 nitrogen and oxygen atoms in total. The van der Waals surface area contributed by atoms with Crippen molar-refractivity contribution >= 4 is 15.9 Å². The molecule has 1 rings (SSSR count). The number of rotatable bonds is 3. The van der Waals surface area contributed by atoms with E-state index < -0.39 is 12.2 Å². The molecule has 1 aromatic rings. The first kappa shape index (κ1) is 10.7. The van der Waals surface area contributed by atoms with E-state index in [9.17, 15) is 10.2 Å². The number of aryl methyl sites for hydroxylation is 1. The highest BCUT2D eigenvalue weighted by Crippen LogP contribution is 2.21. The Balaban J connectivity index is 2.88. The second-order valence-electron chi connectivity index (χ2n) is 3.02. The Morgan fingerprint density at radius 3 is 2.46 bits per heavy atom. The average Bonchev–Trinajstić information content (AvgIpc) is 2.16. The van der Waals surface area contributed by atoms with E-state index in [0.29, 0.717) is 5.33 Å². The van der Waals surface area contributed by atoms with Crippen molar-refractivity contribution in [1.29, 1.82) is 0 Å². The Morgan fingerprint density at radius 1 is 1.31 bits per heavy atom. The largest absolute Gasteiger partial charge is 0.389 e. The van der Waals surface area contributed by atoms with Gasteiger partial charge in [-0.25, -0.2) is 0 Å². The molecule has 2 N–H and O–H groups in total. The third-order valence-electron chi connectivity index (χ3n) is 2.03. The van der Waals surface area contributed by atoms with E-state index in [-0.39, 0.29) is 0 Å². The highest BCUT2D eigenvalue weighted by atomic mass is 79.9. The zero-order chi connectivity index (χ0) is 9.84. The predicted octanol–water partition coefficient (Wildman–Crippen LogP) is 1.78. The Kier molecular flexibility index (Phi) is 3.90. The summed E-state index contributed by atoms with van der Waals surface area (Å²) in [6.45, 7) is 1.92. The van der Waals surface area contributed by atoms with Crippen LogP contribution in [0.5, 0.6) is 0 Å². The third kappa shape index (κ3) is 2.53. The van der Waals surface area contributed by atoms with Crippen molar-refractivity contribution in [3.63, 3.8) is 0 Å². The summed E-state index contributed by atoms with van der Waals surface area (Å²) in [5, 5.41) is 19.5. The lowest BCUT2D eigenvalue weighted by Crippen LogP contribution is -2.20. The van der Waals surface area contributed by atoms with Crippen LogP contribution < -0.4 is 0 Å². The molecule has 1 aromatic carbocycles. The van der Waals surface area contributed by atoms with Gasteiger partial charge in [0.15, 0.2) is 0 Å². The average molecular weight is 245 g/mol. The lowest BCUT2D eigenvalue weighted by molar-refractivity contribution is 0.0339. The van der Waals surface area contributed by atoms with Crippen LogP contribution in [0.15, 0.2) is 24.3 Å². The third-order valence-corrected chi connectivity index (χ3v) is 2.69. The molecule has 0 fully saturated rings. The molecule has 13 heavy (non-hydrogen) atoms. The molecule has 0 radical (unpaired) electrons. The monoisotopic (exact) mass is 244 g/mol. The summed E-state index contributed by atoms with van der Waals surface area (Å²) < 4.78 is 0. The first-order chi connectivity index (χ1) is 6.16. The molecule has 72 valence electrons. The van der Waals surface area contributed by atoms with Gasteiger partial charge < -0.3 is 10.2 Å². The fraction of sp³-hybridized carbons (Fsp3) is 0.400. The second kappa shape index (κ2) is 4.74. The van der Waals surface area contributed by atoms with Crippen molar-refractivity contribution in [2.75, 3.05) is 5.33 Å². The predicted molar refractivity (Wildman–Crippen MR) is 55.9 cm³/mol. The molecule has 3 heteroatoms.